The molecule has 19 heavy (non-hydrogen) atoms. The summed E-state index contributed by atoms with van der Waals surface area (Å²) in [5, 5.41) is 0. The molecule has 0 radical (unpaired) electrons. The van der Waals surface area contributed by atoms with Crippen molar-refractivity contribution in [1.82, 2.24) is 10.9 Å². The van der Waals surface area contributed by atoms with Crippen LogP contribution in [0.1, 0.15) is 25.0 Å². The Morgan fingerprint density at radius 1 is 1.16 bits per heavy atom. The second-order valence-electron chi connectivity index (χ2n) is 4.85. The maximum Gasteiger partial charge on any atom is 0.244 e. The summed E-state index contributed by atoms with van der Waals surface area (Å²) in [6.45, 7) is 5.69. The lowest BCUT2D eigenvalue weighted by molar-refractivity contribution is -0.126. The predicted molar refractivity (Wildman–Crippen MR) is 74.5 cm³/mol. The molecule has 5 heteroatoms. The number of amides is 1. The molecule has 0 saturated heterocycles. The summed E-state index contributed by atoms with van der Waals surface area (Å²) in [6, 6.07) is 3.73. The van der Waals surface area contributed by atoms with Gasteiger partial charge < -0.3 is 9.47 Å². The SMILES string of the molecule is CNNC(=O)C(C)(C)c1cc(OC)c(OC)cc1C. The maximum atomic E-state index is 12.1. The fourth-order valence-corrected chi connectivity index (χ4v) is 2.05. The van der Waals surface area contributed by atoms with Crippen molar-refractivity contribution >= 4 is 5.91 Å². The van der Waals surface area contributed by atoms with Crippen molar-refractivity contribution in [2.75, 3.05) is 21.3 Å². The second-order valence-corrected chi connectivity index (χ2v) is 4.85. The Kier molecular flexibility index (Phi) is 4.78. The first-order valence-electron chi connectivity index (χ1n) is 6.08. The number of benzene rings is 1. The Morgan fingerprint density at radius 2 is 1.68 bits per heavy atom. The largest absolute Gasteiger partial charge is 0.493 e. The third-order valence-corrected chi connectivity index (χ3v) is 3.21. The smallest absolute Gasteiger partial charge is 0.244 e. The number of aryl methyl sites for hydroxylation is 1. The highest BCUT2D eigenvalue weighted by molar-refractivity contribution is 5.87. The van der Waals surface area contributed by atoms with Crippen molar-refractivity contribution in [1.29, 1.82) is 0 Å². The molecule has 5 nitrogen and oxygen atoms in total. The van der Waals surface area contributed by atoms with Gasteiger partial charge >= 0.3 is 0 Å². The molecule has 0 unspecified atom stereocenters. The van der Waals surface area contributed by atoms with Crippen LogP contribution in [-0.4, -0.2) is 27.2 Å². The summed E-state index contributed by atoms with van der Waals surface area (Å²) >= 11 is 0. The molecule has 1 aromatic rings. The zero-order valence-electron chi connectivity index (χ0n) is 12.4. The number of ether oxygens (including phenoxy) is 2. The molecular formula is C14H22N2O3. The van der Waals surface area contributed by atoms with E-state index in [0.29, 0.717) is 11.5 Å². The fraction of sp³-hybridized carbons (Fsp3) is 0.500. The molecule has 1 amide bonds. The Bertz CT molecular complexity index is 470. The van der Waals surface area contributed by atoms with Crippen LogP contribution in [0.5, 0.6) is 11.5 Å². The molecule has 0 aliphatic heterocycles. The minimum atomic E-state index is -0.674. The predicted octanol–water partition coefficient (Wildman–Crippen LogP) is 1.54. The Balaban J connectivity index is 3.30. The van der Waals surface area contributed by atoms with E-state index in [-0.39, 0.29) is 5.91 Å². The minimum Gasteiger partial charge on any atom is -0.493 e. The van der Waals surface area contributed by atoms with E-state index in [1.54, 1.807) is 21.3 Å². The first-order valence-corrected chi connectivity index (χ1v) is 6.08. The van der Waals surface area contributed by atoms with Crippen LogP contribution < -0.4 is 20.3 Å². The molecule has 0 fully saturated rings. The Morgan fingerprint density at radius 3 is 2.16 bits per heavy atom. The highest BCUT2D eigenvalue weighted by Crippen LogP contribution is 2.36. The zero-order valence-corrected chi connectivity index (χ0v) is 12.4. The fourth-order valence-electron chi connectivity index (χ4n) is 2.05. The van der Waals surface area contributed by atoms with Gasteiger partial charge in [0.1, 0.15) is 0 Å². The summed E-state index contributed by atoms with van der Waals surface area (Å²) in [4.78, 5) is 12.1. The van der Waals surface area contributed by atoms with E-state index in [2.05, 4.69) is 10.9 Å². The van der Waals surface area contributed by atoms with Crippen molar-refractivity contribution < 1.29 is 14.3 Å². The molecule has 1 rings (SSSR count). The lowest BCUT2D eigenvalue weighted by Gasteiger charge is -2.26. The van der Waals surface area contributed by atoms with E-state index in [1.807, 2.05) is 32.9 Å². The van der Waals surface area contributed by atoms with Gasteiger partial charge in [0.15, 0.2) is 11.5 Å². The van der Waals surface area contributed by atoms with Crippen LogP contribution in [0.15, 0.2) is 12.1 Å². The van der Waals surface area contributed by atoms with E-state index in [0.717, 1.165) is 11.1 Å². The average Bonchev–Trinajstić information content (AvgIpc) is 2.38. The number of hydrazine groups is 1. The summed E-state index contributed by atoms with van der Waals surface area (Å²) < 4.78 is 10.5. The van der Waals surface area contributed by atoms with Crippen molar-refractivity contribution in [2.45, 2.75) is 26.2 Å². The first-order chi connectivity index (χ1) is 8.88. The second kappa shape index (κ2) is 5.93. The van der Waals surface area contributed by atoms with E-state index in [4.69, 9.17) is 9.47 Å². The van der Waals surface area contributed by atoms with Crippen LogP contribution in [-0.2, 0) is 10.2 Å². The number of hydrogen-bond acceptors (Lipinski definition) is 4. The topological polar surface area (TPSA) is 59.6 Å². The van der Waals surface area contributed by atoms with E-state index < -0.39 is 5.41 Å². The quantitative estimate of drug-likeness (QED) is 0.794. The standard InChI is InChI=1S/C14H22N2O3/c1-9-7-11(18-5)12(19-6)8-10(9)14(2,3)13(17)16-15-4/h7-8,15H,1-6H3,(H,16,17). The van der Waals surface area contributed by atoms with Crippen molar-refractivity contribution in [3.05, 3.63) is 23.3 Å². The van der Waals surface area contributed by atoms with E-state index in [1.165, 1.54) is 0 Å². The molecule has 0 aromatic heterocycles. The number of nitrogens with one attached hydrogen (secondary N) is 2. The summed E-state index contributed by atoms with van der Waals surface area (Å²) in [6.07, 6.45) is 0. The van der Waals surface area contributed by atoms with Gasteiger partial charge in [-0.1, -0.05) is 0 Å². The molecule has 1 aromatic carbocycles. The van der Waals surface area contributed by atoms with E-state index >= 15 is 0 Å². The summed E-state index contributed by atoms with van der Waals surface area (Å²) in [5.41, 5.74) is 6.48. The molecule has 0 bridgehead atoms. The third-order valence-electron chi connectivity index (χ3n) is 3.21. The number of rotatable bonds is 5. The van der Waals surface area contributed by atoms with Crippen molar-refractivity contribution in [2.24, 2.45) is 0 Å². The molecule has 2 N–H and O–H groups in total. The van der Waals surface area contributed by atoms with Gasteiger partial charge in [-0.15, -0.1) is 0 Å². The first kappa shape index (κ1) is 15.3. The highest BCUT2D eigenvalue weighted by Gasteiger charge is 2.32. The molecule has 0 saturated carbocycles. The van der Waals surface area contributed by atoms with Gasteiger partial charge in [0, 0.05) is 7.05 Å². The van der Waals surface area contributed by atoms with Gasteiger partial charge in [0.2, 0.25) is 5.91 Å². The lowest BCUT2D eigenvalue weighted by Crippen LogP contribution is -2.45. The molecule has 106 valence electrons. The van der Waals surface area contributed by atoms with Gasteiger partial charge in [0.25, 0.3) is 0 Å². The molecular weight excluding hydrogens is 244 g/mol. The van der Waals surface area contributed by atoms with Crippen molar-refractivity contribution in [3.63, 3.8) is 0 Å². The van der Waals surface area contributed by atoms with Crippen LogP contribution in [0.3, 0.4) is 0 Å². The van der Waals surface area contributed by atoms with Gasteiger partial charge in [-0.2, -0.15) is 0 Å². The van der Waals surface area contributed by atoms with Gasteiger partial charge in [-0.3, -0.25) is 10.2 Å². The maximum absolute atomic E-state index is 12.1. The Hall–Kier alpha value is -1.75. The number of carbonyl (C=O) groups excluding carboxylic acids is 1. The van der Waals surface area contributed by atoms with Crippen LogP contribution in [0.2, 0.25) is 0 Å². The van der Waals surface area contributed by atoms with Crippen LogP contribution in [0.25, 0.3) is 0 Å². The molecule has 0 atom stereocenters. The third kappa shape index (κ3) is 2.98. The van der Waals surface area contributed by atoms with Crippen molar-refractivity contribution in [3.8, 4) is 11.5 Å². The summed E-state index contributed by atoms with van der Waals surface area (Å²) in [5.74, 6) is 1.17. The van der Waals surface area contributed by atoms with Crippen LogP contribution >= 0.6 is 0 Å². The van der Waals surface area contributed by atoms with Gasteiger partial charge in [0.05, 0.1) is 19.6 Å². The van der Waals surface area contributed by atoms with E-state index in [9.17, 15) is 4.79 Å². The summed E-state index contributed by atoms with van der Waals surface area (Å²) in [7, 11) is 4.84. The molecule has 0 aliphatic rings. The van der Waals surface area contributed by atoms with Crippen LogP contribution in [0.4, 0.5) is 0 Å². The van der Waals surface area contributed by atoms with Crippen LogP contribution in [0, 0.1) is 6.92 Å². The molecule has 0 spiro atoms. The Labute approximate surface area is 114 Å². The number of hydrogen-bond donors (Lipinski definition) is 2. The average molecular weight is 266 g/mol. The minimum absolute atomic E-state index is 0.106. The highest BCUT2D eigenvalue weighted by atomic mass is 16.5. The number of methoxy groups -OCH3 is 2. The lowest BCUT2D eigenvalue weighted by atomic mass is 9.81. The van der Waals surface area contributed by atoms with Gasteiger partial charge in [-0.05, 0) is 44.0 Å². The monoisotopic (exact) mass is 266 g/mol. The molecule has 0 heterocycles. The van der Waals surface area contributed by atoms with Gasteiger partial charge in [-0.25, -0.2) is 5.43 Å². The molecule has 0 aliphatic carbocycles. The number of carbonyl (C=O) groups is 1. The normalized spacial score (nSPS) is 11.1. The zero-order chi connectivity index (χ0) is 14.6.